The summed E-state index contributed by atoms with van der Waals surface area (Å²) in [5.74, 6) is 1.15. The van der Waals surface area contributed by atoms with Crippen LogP contribution in [0, 0.1) is 17.3 Å². The molecule has 25 heavy (non-hydrogen) atoms. The Balaban J connectivity index is 1.54. The Morgan fingerprint density at radius 3 is 2.68 bits per heavy atom. The molecule has 4 fully saturated rings. The van der Waals surface area contributed by atoms with Gasteiger partial charge in [0.2, 0.25) is 0 Å². The van der Waals surface area contributed by atoms with Gasteiger partial charge in [0.15, 0.2) is 0 Å². The highest BCUT2D eigenvalue weighted by atomic mass is 16.7. The smallest absolute Gasteiger partial charge is 0.448 e. The number of nitrogens with two attached hydrogens (primary N) is 1. The summed E-state index contributed by atoms with van der Waals surface area (Å²) in [5, 5.41) is 0. The summed E-state index contributed by atoms with van der Waals surface area (Å²) >= 11 is 0. The van der Waals surface area contributed by atoms with E-state index in [-0.39, 0.29) is 17.1 Å². The zero-order chi connectivity index (χ0) is 17.8. The maximum absolute atomic E-state index is 11.4. The van der Waals surface area contributed by atoms with E-state index in [0.717, 1.165) is 12.0 Å². The molecule has 6 heteroatoms. The lowest BCUT2D eigenvalue weighted by Gasteiger charge is -2.64. The molecule has 5 atom stereocenters. The van der Waals surface area contributed by atoms with Crippen molar-refractivity contribution >= 4 is 13.2 Å². The molecular formula is C19H26BNO4. The van der Waals surface area contributed by atoms with Crippen molar-refractivity contribution in [3.8, 4) is 0 Å². The third-order valence-electron chi connectivity index (χ3n) is 6.82. The fraction of sp³-hybridized carbons (Fsp3) is 0.632. The van der Waals surface area contributed by atoms with E-state index < -0.39 is 19.2 Å². The molecule has 3 saturated carbocycles. The number of rotatable bonds is 4. The second-order valence-electron chi connectivity index (χ2n) is 8.50. The van der Waals surface area contributed by atoms with Gasteiger partial charge in [-0.3, -0.25) is 0 Å². The Morgan fingerprint density at radius 1 is 1.32 bits per heavy atom. The van der Waals surface area contributed by atoms with E-state index in [2.05, 4.69) is 20.8 Å². The van der Waals surface area contributed by atoms with Crippen LogP contribution in [0.25, 0.3) is 0 Å². The highest BCUT2D eigenvalue weighted by molar-refractivity contribution is 6.47. The topological polar surface area (TPSA) is 70.8 Å². The van der Waals surface area contributed by atoms with Crippen molar-refractivity contribution in [2.45, 2.75) is 57.7 Å². The first-order valence-electron chi connectivity index (χ1n) is 9.14. The molecule has 1 aromatic rings. The van der Waals surface area contributed by atoms with Crippen LogP contribution in [0.15, 0.2) is 30.3 Å². The van der Waals surface area contributed by atoms with E-state index >= 15 is 0 Å². The zero-order valence-electron chi connectivity index (χ0n) is 15.1. The average molecular weight is 343 g/mol. The molecule has 2 bridgehead atoms. The average Bonchev–Trinajstić information content (AvgIpc) is 2.91. The minimum absolute atomic E-state index is 0.0593. The molecule has 1 saturated heterocycles. The van der Waals surface area contributed by atoms with Crippen LogP contribution in [0.1, 0.15) is 39.2 Å². The number of carbonyl (C=O) groups is 1. The molecule has 4 aliphatic rings. The summed E-state index contributed by atoms with van der Waals surface area (Å²) in [4.78, 5) is 11.4. The van der Waals surface area contributed by atoms with Crippen molar-refractivity contribution < 1.29 is 18.8 Å². The fourth-order valence-corrected chi connectivity index (χ4v) is 5.25. The van der Waals surface area contributed by atoms with Gasteiger partial charge in [-0.15, -0.1) is 0 Å². The Kier molecular flexibility index (Phi) is 3.89. The predicted octanol–water partition coefficient (Wildman–Crippen LogP) is 2.96. The van der Waals surface area contributed by atoms with E-state index in [0.29, 0.717) is 18.3 Å². The third-order valence-corrected chi connectivity index (χ3v) is 6.82. The van der Waals surface area contributed by atoms with Crippen molar-refractivity contribution in [2.24, 2.45) is 23.0 Å². The minimum atomic E-state index is -0.794. The molecule has 1 aliphatic heterocycles. The summed E-state index contributed by atoms with van der Waals surface area (Å²) in [6, 6.07) is 9.35. The summed E-state index contributed by atoms with van der Waals surface area (Å²) < 4.78 is 18.0. The van der Waals surface area contributed by atoms with Crippen LogP contribution in [0.5, 0.6) is 0 Å². The normalized spacial score (nSPS) is 36.3. The molecule has 1 amide bonds. The SMILES string of the molecule is CC1(C)[C@@H]2C[C@H]3OB(C(Cc4ccccc4)OC(N)=O)O[C@@]3(C)[C@H]1C2. The molecule has 5 nitrogen and oxygen atoms in total. The number of amides is 1. The lowest BCUT2D eigenvalue weighted by Crippen LogP contribution is -2.65. The van der Waals surface area contributed by atoms with Gasteiger partial charge in [-0.1, -0.05) is 44.2 Å². The highest BCUT2D eigenvalue weighted by Gasteiger charge is 2.68. The Hall–Kier alpha value is -1.53. The summed E-state index contributed by atoms with van der Waals surface area (Å²) in [7, 11) is -0.571. The first-order chi connectivity index (χ1) is 11.8. The number of hydrogen-bond donors (Lipinski definition) is 1. The van der Waals surface area contributed by atoms with Gasteiger partial charge in [0.1, 0.15) is 6.00 Å². The van der Waals surface area contributed by atoms with Crippen LogP contribution in [0.4, 0.5) is 4.79 Å². The molecule has 1 unspecified atom stereocenters. The molecule has 3 aliphatic carbocycles. The Bertz CT molecular complexity index is 667. The third kappa shape index (κ3) is 2.66. The van der Waals surface area contributed by atoms with Crippen LogP contribution < -0.4 is 5.73 Å². The summed E-state index contributed by atoms with van der Waals surface area (Å²) in [5.41, 5.74) is 6.32. The number of hydrogen-bond acceptors (Lipinski definition) is 4. The van der Waals surface area contributed by atoms with E-state index in [9.17, 15) is 4.79 Å². The van der Waals surface area contributed by atoms with Crippen molar-refractivity contribution in [1.29, 1.82) is 0 Å². The van der Waals surface area contributed by atoms with E-state index in [1.54, 1.807) is 0 Å². The van der Waals surface area contributed by atoms with E-state index in [1.165, 1.54) is 6.42 Å². The molecule has 1 aromatic carbocycles. The minimum Gasteiger partial charge on any atom is -0.448 e. The first-order valence-corrected chi connectivity index (χ1v) is 9.14. The molecule has 0 aromatic heterocycles. The Morgan fingerprint density at radius 2 is 2.04 bits per heavy atom. The van der Waals surface area contributed by atoms with Gasteiger partial charge < -0.3 is 19.8 Å². The van der Waals surface area contributed by atoms with Crippen LogP contribution in [-0.4, -0.2) is 30.9 Å². The van der Waals surface area contributed by atoms with Gasteiger partial charge in [-0.05, 0) is 42.6 Å². The second-order valence-corrected chi connectivity index (χ2v) is 8.50. The van der Waals surface area contributed by atoms with Crippen molar-refractivity contribution in [2.75, 3.05) is 0 Å². The van der Waals surface area contributed by atoms with Crippen LogP contribution in [0.3, 0.4) is 0 Å². The molecule has 1 heterocycles. The maximum atomic E-state index is 11.4. The number of primary amides is 1. The van der Waals surface area contributed by atoms with Gasteiger partial charge >= 0.3 is 13.2 Å². The number of benzene rings is 1. The van der Waals surface area contributed by atoms with Gasteiger partial charge in [0, 0.05) is 6.42 Å². The van der Waals surface area contributed by atoms with Crippen LogP contribution >= 0.6 is 0 Å². The molecule has 0 radical (unpaired) electrons. The van der Waals surface area contributed by atoms with Crippen molar-refractivity contribution in [1.82, 2.24) is 0 Å². The van der Waals surface area contributed by atoms with Crippen LogP contribution in [0.2, 0.25) is 0 Å². The quantitative estimate of drug-likeness (QED) is 0.854. The van der Waals surface area contributed by atoms with Gasteiger partial charge in [0.25, 0.3) is 0 Å². The van der Waals surface area contributed by atoms with Gasteiger partial charge in [-0.2, -0.15) is 0 Å². The molecule has 134 valence electrons. The van der Waals surface area contributed by atoms with E-state index in [4.69, 9.17) is 19.8 Å². The molecule has 2 N–H and O–H groups in total. The zero-order valence-corrected chi connectivity index (χ0v) is 15.1. The highest BCUT2D eigenvalue weighted by Crippen LogP contribution is 2.65. The van der Waals surface area contributed by atoms with Crippen molar-refractivity contribution in [3.05, 3.63) is 35.9 Å². The second kappa shape index (κ2) is 5.75. The molecular weight excluding hydrogens is 317 g/mol. The predicted molar refractivity (Wildman–Crippen MR) is 94.7 cm³/mol. The fourth-order valence-electron chi connectivity index (χ4n) is 5.25. The summed E-state index contributed by atoms with van der Waals surface area (Å²) in [6.07, 6.45) is 1.98. The number of carbonyl (C=O) groups excluding carboxylic acids is 1. The van der Waals surface area contributed by atoms with E-state index in [1.807, 2.05) is 30.3 Å². The number of ether oxygens (including phenoxy) is 1. The van der Waals surface area contributed by atoms with Gasteiger partial charge in [-0.25, -0.2) is 4.79 Å². The first kappa shape index (κ1) is 16.9. The summed E-state index contributed by atoms with van der Waals surface area (Å²) in [6.45, 7) is 6.81. The monoisotopic (exact) mass is 343 g/mol. The van der Waals surface area contributed by atoms with Gasteiger partial charge in [0.05, 0.1) is 11.7 Å². The van der Waals surface area contributed by atoms with Crippen LogP contribution in [-0.2, 0) is 20.5 Å². The standard InChI is InChI=1S/C19H26BNO4/c1-18(2)13-10-14(18)19(3)15(11-13)24-20(25-19)16(23-17(21)22)9-12-7-5-4-6-8-12/h4-8,13-16H,9-11H2,1-3H3,(H2,21,22)/t13-,14-,15+,16?,19-/m0/s1. The lowest BCUT2D eigenvalue weighted by atomic mass is 9.43. The largest absolute Gasteiger partial charge is 0.502 e. The Labute approximate surface area is 149 Å². The lowest BCUT2D eigenvalue weighted by molar-refractivity contribution is -0.199. The molecule has 0 spiro atoms. The van der Waals surface area contributed by atoms with Crippen molar-refractivity contribution in [3.63, 3.8) is 0 Å². The molecule has 5 rings (SSSR count). The maximum Gasteiger partial charge on any atom is 0.502 e.